The van der Waals surface area contributed by atoms with Crippen molar-refractivity contribution < 1.29 is 14.7 Å². The Morgan fingerprint density at radius 2 is 2.29 bits per heavy atom. The molecule has 2 N–H and O–H groups in total. The van der Waals surface area contributed by atoms with Gasteiger partial charge in [0.1, 0.15) is 11.2 Å². The maximum atomic E-state index is 12.5. The summed E-state index contributed by atoms with van der Waals surface area (Å²) in [6, 6.07) is 1.75. The molecule has 0 aromatic carbocycles. The number of carbonyl (C=O) groups is 2. The lowest BCUT2D eigenvalue weighted by Crippen LogP contribution is -2.55. The fourth-order valence-corrected chi connectivity index (χ4v) is 3.64. The zero-order valence-electron chi connectivity index (χ0n) is 12.5. The van der Waals surface area contributed by atoms with Gasteiger partial charge in [-0.15, -0.1) is 0 Å². The van der Waals surface area contributed by atoms with Gasteiger partial charge in [0.25, 0.3) is 5.91 Å². The molecule has 6 nitrogen and oxygen atoms in total. The van der Waals surface area contributed by atoms with E-state index in [1.54, 1.807) is 22.5 Å². The Morgan fingerprint density at radius 1 is 1.57 bits per heavy atom. The molecule has 1 atom stereocenters. The topological polar surface area (TPSA) is 84.2 Å². The zero-order valence-corrected chi connectivity index (χ0v) is 13.4. The Hall–Kier alpha value is -1.50. The molecule has 7 heteroatoms. The number of aliphatic carboxylic acids is 1. The molecule has 116 valence electrons. The molecule has 0 aliphatic carbocycles. The van der Waals surface area contributed by atoms with Gasteiger partial charge < -0.3 is 10.4 Å². The van der Waals surface area contributed by atoms with Crippen molar-refractivity contribution in [1.29, 1.82) is 0 Å². The number of aryl methyl sites for hydroxylation is 1. The van der Waals surface area contributed by atoms with Crippen molar-refractivity contribution in [3.8, 4) is 0 Å². The molecule has 0 radical (unpaired) electrons. The first-order valence-electron chi connectivity index (χ1n) is 7.11. The fourth-order valence-electron chi connectivity index (χ4n) is 2.31. The summed E-state index contributed by atoms with van der Waals surface area (Å²) in [6.07, 6.45) is 0.454. The van der Waals surface area contributed by atoms with E-state index in [2.05, 4.69) is 10.4 Å². The number of amides is 1. The number of nitrogens with zero attached hydrogens (tertiary/aromatic N) is 2. The van der Waals surface area contributed by atoms with Crippen molar-refractivity contribution in [1.82, 2.24) is 15.1 Å². The zero-order chi connectivity index (χ0) is 15.6. The lowest BCUT2D eigenvalue weighted by Gasteiger charge is -2.24. The minimum Gasteiger partial charge on any atom is -0.479 e. The van der Waals surface area contributed by atoms with Gasteiger partial charge in [0, 0.05) is 12.3 Å². The number of aromatic nitrogens is 2. The van der Waals surface area contributed by atoms with Crippen LogP contribution < -0.4 is 5.32 Å². The van der Waals surface area contributed by atoms with Crippen molar-refractivity contribution in [2.75, 3.05) is 11.5 Å². The normalized spacial score (nSPS) is 21.7. The van der Waals surface area contributed by atoms with Crippen molar-refractivity contribution in [3.63, 3.8) is 0 Å². The summed E-state index contributed by atoms with van der Waals surface area (Å²) in [5.74, 6) is 0.0517. The SMILES string of the molecule is CCn1nc(C(C)C)cc1C(=O)NC1(C(=O)O)CCSC1. The maximum Gasteiger partial charge on any atom is 0.330 e. The highest BCUT2D eigenvalue weighted by Gasteiger charge is 2.43. The van der Waals surface area contributed by atoms with Crippen LogP contribution in [-0.4, -0.2) is 43.8 Å². The number of nitrogens with one attached hydrogen (secondary N) is 1. The van der Waals surface area contributed by atoms with Crippen LogP contribution in [0.25, 0.3) is 0 Å². The van der Waals surface area contributed by atoms with Gasteiger partial charge in [0.2, 0.25) is 0 Å². The van der Waals surface area contributed by atoms with Gasteiger partial charge in [-0.1, -0.05) is 13.8 Å². The van der Waals surface area contributed by atoms with Gasteiger partial charge in [0.15, 0.2) is 0 Å². The number of thioether (sulfide) groups is 1. The first-order valence-corrected chi connectivity index (χ1v) is 8.26. The van der Waals surface area contributed by atoms with E-state index < -0.39 is 11.5 Å². The van der Waals surface area contributed by atoms with Crippen LogP contribution in [0.15, 0.2) is 6.07 Å². The van der Waals surface area contributed by atoms with Crippen LogP contribution in [0.5, 0.6) is 0 Å². The summed E-state index contributed by atoms with van der Waals surface area (Å²) in [5.41, 5.74) is 0.119. The van der Waals surface area contributed by atoms with Crippen LogP contribution >= 0.6 is 11.8 Å². The lowest BCUT2D eigenvalue weighted by atomic mass is 9.99. The van der Waals surface area contributed by atoms with Crippen LogP contribution in [0, 0.1) is 0 Å². The molecule has 1 fully saturated rings. The average molecular weight is 311 g/mol. The number of carbonyl (C=O) groups excluding carboxylic acids is 1. The molecule has 1 aliphatic rings. The van der Waals surface area contributed by atoms with Crippen LogP contribution in [0.4, 0.5) is 0 Å². The van der Waals surface area contributed by atoms with E-state index in [4.69, 9.17) is 0 Å². The van der Waals surface area contributed by atoms with Crippen molar-refractivity contribution >= 4 is 23.6 Å². The predicted octanol–water partition coefficient (Wildman–Crippen LogP) is 1.72. The Morgan fingerprint density at radius 3 is 2.76 bits per heavy atom. The Bertz CT molecular complexity index is 548. The third kappa shape index (κ3) is 3.07. The molecule has 21 heavy (non-hydrogen) atoms. The summed E-state index contributed by atoms with van der Waals surface area (Å²) < 4.78 is 1.63. The van der Waals surface area contributed by atoms with E-state index >= 15 is 0 Å². The molecule has 0 spiro atoms. The third-order valence-electron chi connectivity index (χ3n) is 3.71. The highest BCUT2D eigenvalue weighted by atomic mass is 32.2. The standard InChI is InChI=1S/C14H21N3O3S/c1-4-17-11(7-10(16-17)9(2)3)12(18)15-14(13(19)20)5-6-21-8-14/h7,9H,4-6,8H2,1-3H3,(H,15,18)(H,19,20). The first kappa shape index (κ1) is 15.9. The number of hydrogen-bond donors (Lipinski definition) is 2. The van der Waals surface area contributed by atoms with Gasteiger partial charge in [0.05, 0.1) is 5.69 Å². The monoisotopic (exact) mass is 311 g/mol. The molecule has 1 saturated heterocycles. The van der Waals surface area contributed by atoms with E-state index in [1.165, 1.54) is 0 Å². The molecule has 1 aromatic heterocycles. The summed E-state index contributed by atoms with van der Waals surface area (Å²) >= 11 is 1.55. The second-order valence-electron chi connectivity index (χ2n) is 5.57. The second kappa shape index (κ2) is 6.09. The molecule has 1 aliphatic heterocycles. The van der Waals surface area contributed by atoms with Crippen LogP contribution in [0.3, 0.4) is 0 Å². The largest absolute Gasteiger partial charge is 0.479 e. The van der Waals surface area contributed by atoms with E-state index in [9.17, 15) is 14.7 Å². The highest BCUT2D eigenvalue weighted by Crippen LogP contribution is 2.28. The maximum absolute atomic E-state index is 12.5. The van der Waals surface area contributed by atoms with Crippen molar-refractivity contribution in [3.05, 3.63) is 17.5 Å². The Balaban J connectivity index is 2.25. The molecule has 2 rings (SSSR count). The molecule has 1 aromatic rings. The summed E-state index contributed by atoms with van der Waals surface area (Å²) in [7, 11) is 0. The van der Waals surface area contributed by atoms with E-state index in [1.807, 2.05) is 20.8 Å². The molecular weight excluding hydrogens is 290 g/mol. The van der Waals surface area contributed by atoms with Crippen LogP contribution in [0.1, 0.15) is 49.3 Å². The highest BCUT2D eigenvalue weighted by molar-refractivity contribution is 7.99. The molecular formula is C14H21N3O3S. The third-order valence-corrected chi connectivity index (χ3v) is 4.90. The fraction of sp³-hybridized carbons (Fsp3) is 0.643. The molecule has 1 amide bonds. The molecule has 0 bridgehead atoms. The smallest absolute Gasteiger partial charge is 0.330 e. The van der Waals surface area contributed by atoms with E-state index in [0.717, 1.165) is 11.4 Å². The van der Waals surface area contributed by atoms with Crippen molar-refractivity contribution in [2.24, 2.45) is 0 Å². The van der Waals surface area contributed by atoms with Gasteiger partial charge in [-0.25, -0.2) is 4.79 Å². The van der Waals surface area contributed by atoms with Gasteiger partial charge in [-0.2, -0.15) is 16.9 Å². The minimum absolute atomic E-state index is 0.222. The molecule has 0 saturated carbocycles. The van der Waals surface area contributed by atoms with E-state index in [0.29, 0.717) is 24.4 Å². The minimum atomic E-state index is -1.15. The average Bonchev–Trinajstić information content (AvgIpc) is 3.05. The predicted molar refractivity (Wildman–Crippen MR) is 81.8 cm³/mol. The van der Waals surface area contributed by atoms with Crippen molar-refractivity contribution in [2.45, 2.75) is 45.2 Å². The number of carboxylic acids is 1. The summed E-state index contributed by atoms with van der Waals surface area (Å²) in [4.78, 5) is 24.0. The summed E-state index contributed by atoms with van der Waals surface area (Å²) in [5, 5.41) is 16.5. The number of rotatable bonds is 5. The Labute approximate surface area is 128 Å². The Kier molecular flexibility index (Phi) is 4.61. The number of hydrogen-bond acceptors (Lipinski definition) is 4. The van der Waals surface area contributed by atoms with Crippen LogP contribution in [-0.2, 0) is 11.3 Å². The quantitative estimate of drug-likeness (QED) is 0.865. The van der Waals surface area contributed by atoms with Gasteiger partial charge >= 0.3 is 5.97 Å². The first-order chi connectivity index (χ1) is 9.89. The molecule has 1 unspecified atom stereocenters. The van der Waals surface area contributed by atoms with E-state index in [-0.39, 0.29) is 11.8 Å². The van der Waals surface area contributed by atoms with Gasteiger partial charge in [-0.3, -0.25) is 9.48 Å². The second-order valence-corrected chi connectivity index (χ2v) is 6.67. The summed E-state index contributed by atoms with van der Waals surface area (Å²) in [6.45, 7) is 6.50. The molecule has 2 heterocycles. The lowest BCUT2D eigenvalue weighted by molar-refractivity contribution is -0.143. The number of carboxylic acid groups (broad SMARTS) is 1. The van der Waals surface area contributed by atoms with Gasteiger partial charge in [-0.05, 0) is 31.1 Å². The van der Waals surface area contributed by atoms with Crippen LogP contribution in [0.2, 0.25) is 0 Å².